The Hall–Kier alpha value is -1.13. The Morgan fingerprint density at radius 2 is 2.15 bits per heavy atom. The highest BCUT2D eigenvalue weighted by atomic mass is 35.5. The average Bonchev–Trinajstić information content (AvgIpc) is 2.44. The van der Waals surface area contributed by atoms with Crippen molar-refractivity contribution in [2.75, 3.05) is 18.4 Å². The topological polar surface area (TPSA) is 41.1 Å². The van der Waals surface area contributed by atoms with Crippen LogP contribution in [-0.4, -0.2) is 19.0 Å². The summed E-state index contributed by atoms with van der Waals surface area (Å²) in [6, 6.07) is 4.41. The van der Waals surface area contributed by atoms with Crippen molar-refractivity contribution in [3.63, 3.8) is 0 Å². The molecule has 0 aliphatic carbocycles. The van der Waals surface area contributed by atoms with E-state index in [2.05, 4.69) is 17.6 Å². The van der Waals surface area contributed by atoms with Crippen LogP contribution in [0.15, 0.2) is 18.2 Å². The fraction of sp³-hybridized carbons (Fsp3) is 0.533. The molecular weight excluding hydrogens is 279 g/mol. The lowest BCUT2D eigenvalue weighted by atomic mass is 9.74. The summed E-state index contributed by atoms with van der Waals surface area (Å²) in [6.07, 6.45) is 3.29. The molecule has 1 heterocycles. The van der Waals surface area contributed by atoms with E-state index in [9.17, 15) is 9.18 Å². The first kappa shape index (κ1) is 15.3. The SMILES string of the molecule is CCCC1(C(=O)Nc2c(F)cccc2Cl)CCNCC1. The summed E-state index contributed by atoms with van der Waals surface area (Å²) in [4.78, 5) is 12.6. The molecule has 0 bridgehead atoms. The van der Waals surface area contributed by atoms with Crippen molar-refractivity contribution >= 4 is 23.2 Å². The molecule has 1 aliphatic rings. The molecule has 0 unspecified atom stereocenters. The van der Waals surface area contributed by atoms with Gasteiger partial charge in [0.15, 0.2) is 0 Å². The third kappa shape index (κ3) is 3.13. The first-order valence-electron chi connectivity index (χ1n) is 7.05. The summed E-state index contributed by atoms with van der Waals surface area (Å²) >= 11 is 5.97. The van der Waals surface area contributed by atoms with Crippen molar-refractivity contribution in [3.8, 4) is 0 Å². The largest absolute Gasteiger partial charge is 0.322 e. The van der Waals surface area contributed by atoms with Gasteiger partial charge in [0.25, 0.3) is 0 Å². The van der Waals surface area contributed by atoms with Crippen molar-refractivity contribution in [1.82, 2.24) is 5.32 Å². The number of carbonyl (C=O) groups excluding carboxylic acids is 1. The van der Waals surface area contributed by atoms with E-state index in [1.54, 1.807) is 6.07 Å². The predicted octanol–water partition coefficient (Wildman–Crippen LogP) is 3.59. The predicted molar refractivity (Wildman–Crippen MR) is 79.5 cm³/mol. The zero-order chi connectivity index (χ0) is 14.6. The number of nitrogens with one attached hydrogen (secondary N) is 2. The monoisotopic (exact) mass is 298 g/mol. The fourth-order valence-electron chi connectivity index (χ4n) is 2.84. The Morgan fingerprint density at radius 1 is 1.45 bits per heavy atom. The molecule has 20 heavy (non-hydrogen) atoms. The Labute approximate surface area is 123 Å². The van der Waals surface area contributed by atoms with Crippen molar-refractivity contribution in [2.45, 2.75) is 32.6 Å². The first-order chi connectivity index (χ1) is 9.59. The standard InChI is InChI=1S/C15H20ClFN2O/c1-2-6-15(7-9-18-10-8-15)14(20)19-13-11(16)4-3-5-12(13)17/h3-5,18H,2,6-10H2,1H3,(H,19,20). The summed E-state index contributed by atoms with van der Waals surface area (Å²) in [5.41, 5.74) is -0.320. The summed E-state index contributed by atoms with van der Waals surface area (Å²) < 4.78 is 13.8. The quantitative estimate of drug-likeness (QED) is 0.892. The van der Waals surface area contributed by atoms with Crippen molar-refractivity contribution in [3.05, 3.63) is 29.0 Å². The summed E-state index contributed by atoms with van der Waals surface area (Å²) in [6.45, 7) is 3.70. The van der Waals surface area contributed by atoms with Crippen LogP contribution >= 0.6 is 11.6 Å². The molecule has 1 saturated heterocycles. The molecule has 2 rings (SSSR count). The van der Waals surface area contributed by atoms with E-state index in [1.807, 2.05) is 0 Å². The van der Waals surface area contributed by atoms with Gasteiger partial charge in [-0.3, -0.25) is 4.79 Å². The molecule has 5 heteroatoms. The molecule has 1 fully saturated rings. The smallest absolute Gasteiger partial charge is 0.230 e. The normalized spacial score (nSPS) is 17.8. The molecule has 1 aromatic rings. The lowest BCUT2D eigenvalue weighted by molar-refractivity contribution is -0.127. The molecule has 1 amide bonds. The van der Waals surface area contributed by atoms with Gasteiger partial charge in [0.2, 0.25) is 5.91 Å². The Balaban J connectivity index is 2.20. The van der Waals surface area contributed by atoms with E-state index in [0.29, 0.717) is 0 Å². The van der Waals surface area contributed by atoms with Gasteiger partial charge in [0.05, 0.1) is 16.1 Å². The van der Waals surface area contributed by atoms with Gasteiger partial charge in [-0.05, 0) is 44.5 Å². The van der Waals surface area contributed by atoms with Crippen LogP contribution in [0.3, 0.4) is 0 Å². The van der Waals surface area contributed by atoms with Crippen LogP contribution in [0.5, 0.6) is 0 Å². The number of piperidine rings is 1. The molecule has 110 valence electrons. The number of benzene rings is 1. The van der Waals surface area contributed by atoms with Crippen molar-refractivity contribution < 1.29 is 9.18 Å². The number of halogens is 2. The fourth-order valence-corrected chi connectivity index (χ4v) is 3.05. The number of carbonyl (C=O) groups is 1. The lowest BCUT2D eigenvalue weighted by Gasteiger charge is -2.36. The number of para-hydroxylation sites is 1. The van der Waals surface area contributed by atoms with Gasteiger partial charge in [-0.2, -0.15) is 0 Å². The zero-order valence-electron chi connectivity index (χ0n) is 11.6. The maximum atomic E-state index is 13.8. The molecule has 0 atom stereocenters. The highest BCUT2D eigenvalue weighted by Crippen LogP contribution is 2.36. The second kappa shape index (κ2) is 6.55. The van der Waals surface area contributed by atoms with Crippen molar-refractivity contribution in [2.24, 2.45) is 5.41 Å². The summed E-state index contributed by atoms with van der Waals surface area (Å²) in [5.74, 6) is -0.612. The molecule has 2 N–H and O–H groups in total. The minimum absolute atomic E-state index is 0.0909. The molecular formula is C15H20ClFN2O. The highest BCUT2D eigenvalue weighted by Gasteiger charge is 2.38. The molecule has 0 aromatic heterocycles. The Morgan fingerprint density at radius 3 is 2.75 bits per heavy atom. The Bertz CT molecular complexity index is 461. The molecule has 1 aromatic carbocycles. The van der Waals surface area contributed by atoms with E-state index in [1.165, 1.54) is 12.1 Å². The van der Waals surface area contributed by atoms with Crippen molar-refractivity contribution in [1.29, 1.82) is 0 Å². The van der Waals surface area contributed by atoms with Crippen LogP contribution in [0.2, 0.25) is 5.02 Å². The van der Waals surface area contributed by atoms with E-state index in [4.69, 9.17) is 11.6 Å². The second-order valence-electron chi connectivity index (χ2n) is 5.33. The van der Waals surface area contributed by atoms with Gasteiger partial charge in [0, 0.05) is 0 Å². The maximum absolute atomic E-state index is 13.8. The molecule has 1 aliphatic heterocycles. The molecule has 0 radical (unpaired) electrons. The molecule has 0 spiro atoms. The molecule has 3 nitrogen and oxygen atoms in total. The van der Waals surface area contributed by atoms with Crippen LogP contribution < -0.4 is 10.6 Å². The van der Waals surface area contributed by atoms with Gasteiger partial charge in [-0.1, -0.05) is 31.0 Å². The molecule has 0 saturated carbocycles. The van der Waals surface area contributed by atoms with Gasteiger partial charge in [-0.15, -0.1) is 0 Å². The van der Waals surface area contributed by atoms with Crippen LogP contribution in [0.1, 0.15) is 32.6 Å². The first-order valence-corrected chi connectivity index (χ1v) is 7.43. The van der Waals surface area contributed by atoms with E-state index in [-0.39, 0.29) is 16.6 Å². The number of hydrogen-bond donors (Lipinski definition) is 2. The van der Waals surface area contributed by atoms with Gasteiger partial charge < -0.3 is 10.6 Å². The lowest BCUT2D eigenvalue weighted by Crippen LogP contribution is -2.45. The van der Waals surface area contributed by atoms with E-state index >= 15 is 0 Å². The van der Waals surface area contributed by atoms with Crippen LogP contribution in [0.4, 0.5) is 10.1 Å². The van der Waals surface area contributed by atoms with Crippen LogP contribution in [0.25, 0.3) is 0 Å². The average molecular weight is 299 g/mol. The highest BCUT2D eigenvalue weighted by molar-refractivity contribution is 6.33. The summed E-state index contributed by atoms with van der Waals surface area (Å²) in [7, 11) is 0. The maximum Gasteiger partial charge on any atom is 0.230 e. The van der Waals surface area contributed by atoms with E-state index < -0.39 is 11.2 Å². The number of hydrogen-bond acceptors (Lipinski definition) is 2. The second-order valence-corrected chi connectivity index (χ2v) is 5.74. The van der Waals surface area contributed by atoms with Crippen LogP contribution in [0, 0.1) is 11.2 Å². The third-order valence-corrected chi connectivity index (χ3v) is 4.29. The number of anilines is 1. The summed E-state index contributed by atoms with van der Waals surface area (Å²) in [5, 5.41) is 6.19. The van der Waals surface area contributed by atoms with Crippen LogP contribution in [-0.2, 0) is 4.79 Å². The third-order valence-electron chi connectivity index (χ3n) is 3.97. The minimum Gasteiger partial charge on any atom is -0.322 e. The zero-order valence-corrected chi connectivity index (χ0v) is 12.4. The number of amides is 1. The Kier molecular flexibility index (Phi) is 5.00. The van der Waals surface area contributed by atoms with E-state index in [0.717, 1.165) is 38.8 Å². The van der Waals surface area contributed by atoms with Gasteiger partial charge in [0.1, 0.15) is 5.82 Å². The number of rotatable bonds is 4. The van der Waals surface area contributed by atoms with Gasteiger partial charge in [-0.25, -0.2) is 4.39 Å². The van der Waals surface area contributed by atoms with Gasteiger partial charge >= 0.3 is 0 Å². The minimum atomic E-state index is -0.494.